The molecule has 1 aliphatic heterocycles. The molecular weight excluding hydrogens is 454 g/mol. The first-order valence-corrected chi connectivity index (χ1v) is 12.1. The second-order valence-corrected chi connectivity index (χ2v) is 10.00. The van der Waals surface area contributed by atoms with Gasteiger partial charge in [0.1, 0.15) is 18.2 Å². The minimum absolute atomic E-state index is 0.0676. The molecule has 6 nitrogen and oxygen atoms in total. The van der Waals surface area contributed by atoms with Crippen LogP contribution in [0.3, 0.4) is 0 Å². The van der Waals surface area contributed by atoms with Crippen LogP contribution >= 0.6 is 0 Å². The van der Waals surface area contributed by atoms with Gasteiger partial charge in [-0.15, -0.1) is 0 Å². The monoisotopic (exact) mass is 485 g/mol. The van der Waals surface area contributed by atoms with Gasteiger partial charge >= 0.3 is 12.1 Å². The average Bonchev–Trinajstić information content (AvgIpc) is 3.19. The summed E-state index contributed by atoms with van der Waals surface area (Å²) in [6, 6.07) is 26.3. The molecule has 1 heterocycles. The highest BCUT2D eigenvalue weighted by Crippen LogP contribution is 2.31. The van der Waals surface area contributed by atoms with Gasteiger partial charge in [0.15, 0.2) is 0 Å². The predicted octanol–water partition coefficient (Wildman–Crippen LogP) is 5.79. The van der Waals surface area contributed by atoms with E-state index in [1.807, 2.05) is 84.9 Å². The fourth-order valence-electron chi connectivity index (χ4n) is 4.30. The Balaban J connectivity index is 1.49. The van der Waals surface area contributed by atoms with Crippen molar-refractivity contribution in [1.82, 2.24) is 4.90 Å². The predicted molar refractivity (Wildman–Crippen MR) is 137 cm³/mol. The van der Waals surface area contributed by atoms with Gasteiger partial charge in [0.05, 0.1) is 0 Å². The molecule has 2 amide bonds. The molecule has 3 aromatic rings. The van der Waals surface area contributed by atoms with Crippen LogP contribution in [0.25, 0.3) is 11.1 Å². The maximum absolute atomic E-state index is 13.3. The van der Waals surface area contributed by atoms with Crippen LogP contribution in [0.5, 0.6) is 0 Å². The molecule has 1 fully saturated rings. The first-order valence-electron chi connectivity index (χ1n) is 12.1. The topological polar surface area (TPSA) is 72.9 Å². The first kappa shape index (κ1) is 25.2. The molecule has 1 aliphatic rings. The van der Waals surface area contributed by atoms with Crippen LogP contribution in [-0.4, -0.2) is 34.5 Å². The van der Waals surface area contributed by atoms with Gasteiger partial charge < -0.3 is 9.47 Å². The Morgan fingerprint density at radius 3 is 2.03 bits per heavy atom. The molecule has 0 spiro atoms. The highest BCUT2D eigenvalue weighted by molar-refractivity contribution is 6.00. The Morgan fingerprint density at radius 1 is 0.833 bits per heavy atom. The second kappa shape index (κ2) is 10.8. The zero-order valence-electron chi connectivity index (χ0n) is 20.8. The summed E-state index contributed by atoms with van der Waals surface area (Å²) in [6.45, 7) is 5.23. The first-order chi connectivity index (χ1) is 17.2. The van der Waals surface area contributed by atoms with Crippen LogP contribution in [0.2, 0.25) is 0 Å². The lowest BCUT2D eigenvalue weighted by atomic mass is 9.94. The number of carbonyl (C=O) groups is 3. The second-order valence-electron chi connectivity index (χ2n) is 10.00. The van der Waals surface area contributed by atoms with Crippen LogP contribution in [0, 0.1) is 5.92 Å². The van der Waals surface area contributed by atoms with Crippen molar-refractivity contribution in [3.63, 3.8) is 0 Å². The highest BCUT2D eigenvalue weighted by Gasteiger charge is 2.48. The van der Waals surface area contributed by atoms with E-state index in [1.165, 1.54) is 0 Å². The summed E-state index contributed by atoms with van der Waals surface area (Å²) in [4.78, 5) is 40.2. The summed E-state index contributed by atoms with van der Waals surface area (Å²) in [7, 11) is 0. The van der Waals surface area contributed by atoms with Gasteiger partial charge in [-0.2, -0.15) is 0 Å². The van der Waals surface area contributed by atoms with Gasteiger partial charge in [0.25, 0.3) is 0 Å². The third-order valence-electron chi connectivity index (χ3n) is 6.04. The lowest BCUT2D eigenvalue weighted by Crippen LogP contribution is -2.46. The van der Waals surface area contributed by atoms with Gasteiger partial charge in [-0.1, -0.05) is 84.9 Å². The van der Waals surface area contributed by atoms with Gasteiger partial charge in [-0.25, -0.2) is 14.5 Å². The maximum atomic E-state index is 13.3. The number of hydrogen-bond acceptors (Lipinski definition) is 5. The molecule has 0 unspecified atom stereocenters. The fraction of sp³-hybridized carbons (Fsp3) is 0.300. The van der Waals surface area contributed by atoms with Crippen molar-refractivity contribution in [3.05, 3.63) is 96.1 Å². The van der Waals surface area contributed by atoms with Crippen molar-refractivity contribution in [2.75, 3.05) is 0 Å². The van der Waals surface area contributed by atoms with Gasteiger partial charge in [0, 0.05) is 5.92 Å². The summed E-state index contributed by atoms with van der Waals surface area (Å²) in [5, 5.41) is 0. The Kier molecular flexibility index (Phi) is 7.53. The van der Waals surface area contributed by atoms with Crippen molar-refractivity contribution >= 4 is 18.0 Å². The average molecular weight is 486 g/mol. The molecule has 3 aromatic carbocycles. The molecule has 0 bridgehead atoms. The molecule has 0 saturated carbocycles. The lowest BCUT2D eigenvalue weighted by Gasteiger charge is -2.26. The van der Waals surface area contributed by atoms with Crippen molar-refractivity contribution < 1.29 is 23.9 Å². The number of benzene rings is 3. The fourth-order valence-corrected chi connectivity index (χ4v) is 4.30. The van der Waals surface area contributed by atoms with E-state index in [2.05, 4.69) is 0 Å². The quantitative estimate of drug-likeness (QED) is 0.413. The Morgan fingerprint density at radius 2 is 1.42 bits per heavy atom. The molecule has 36 heavy (non-hydrogen) atoms. The van der Waals surface area contributed by atoms with Crippen molar-refractivity contribution in [2.24, 2.45) is 5.92 Å². The Bertz CT molecular complexity index is 1200. The number of ether oxygens (including phenoxy) is 2. The van der Waals surface area contributed by atoms with E-state index in [4.69, 9.17) is 9.47 Å². The highest BCUT2D eigenvalue weighted by atomic mass is 16.6. The summed E-state index contributed by atoms with van der Waals surface area (Å²) >= 11 is 0. The third kappa shape index (κ3) is 6.19. The zero-order chi connectivity index (χ0) is 25.7. The van der Waals surface area contributed by atoms with E-state index in [-0.39, 0.29) is 13.0 Å². The molecule has 0 N–H and O–H groups in total. The molecule has 0 aromatic heterocycles. The molecular formula is C30H31NO5. The molecule has 0 aliphatic carbocycles. The van der Waals surface area contributed by atoms with E-state index < -0.39 is 35.5 Å². The van der Waals surface area contributed by atoms with Crippen molar-refractivity contribution in [2.45, 2.75) is 51.9 Å². The molecule has 1 saturated heterocycles. The molecule has 6 heteroatoms. The summed E-state index contributed by atoms with van der Waals surface area (Å²) in [6.07, 6.45) is -0.224. The molecule has 0 radical (unpaired) electrons. The standard InChI is InChI=1S/C30H31NO5/c1-30(2,3)36-29(34)31-26(28(33)35-20-22-10-6-4-7-11-22)19-25(27(31)32)18-21-14-16-24(17-15-21)23-12-8-5-9-13-23/h4-17,25-26H,18-20H2,1-3H3/t25-,26+/m0/s1. The van der Waals surface area contributed by atoms with Crippen LogP contribution in [0.15, 0.2) is 84.9 Å². The molecule has 2 atom stereocenters. The number of amides is 2. The van der Waals surface area contributed by atoms with Gasteiger partial charge in [-0.3, -0.25) is 4.79 Å². The minimum Gasteiger partial charge on any atom is -0.459 e. The van der Waals surface area contributed by atoms with Gasteiger partial charge in [0.2, 0.25) is 5.91 Å². The molecule has 4 rings (SSSR count). The van der Waals surface area contributed by atoms with Crippen LogP contribution < -0.4 is 0 Å². The Hall–Kier alpha value is -3.93. The summed E-state index contributed by atoms with van der Waals surface area (Å²) in [5.74, 6) is -1.56. The van der Waals surface area contributed by atoms with Crippen LogP contribution in [0.4, 0.5) is 4.79 Å². The van der Waals surface area contributed by atoms with E-state index in [9.17, 15) is 14.4 Å². The smallest absolute Gasteiger partial charge is 0.417 e. The SMILES string of the molecule is CC(C)(C)OC(=O)N1C(=O)[C@@H](Cc2ccc(-c3ccccc3)cc2)C[C@@H]1C(=O)OCc1ccccc1. The number of hydrogen-bond donors (Lipinski definition) is 0. The number of likely N-dealkylation sites (tertiary alicyclic amines) is 1. The van der Waals surface area contributed by atoms with Crippen LogP contribution in [-0.2, 0) is 32.1 Å². The summed E-state index contributed by atoms with van der Waals surface area (Å²) < 4.78 is 11.0. The maximum Gasteiger partial charge on any atom is 0.417 e. The summed E-state index contributed by atoms with van der Waals surface area (Å²) in [5.41, 5.74) is 3.17. The van der Waals surface area contributed by atoms with E-state index in [0.717, 1.165) is 27.2 Å². The van der Waals surface area contributed by atoms with Crippen LogP contribution in [0.1, 0.15) is 38.3 Å². The molecule has 186 valence electrons. The number of esters is 1. The van der Waals surface area contributed by atoms with Gasteiger partial charge in [-0.05, 0) is 55.9 Å². The number of nitrogens with zero attached hydrogens (tertiary/aromatic N) is 1. The van der Waals surface area contributed by atoms with Crippen molar-refractivity contribution in [1.29, 1.82) is 0 Å². The van der Waals surface area contributed by atoms with E-state index in [1.54, 1.807) is 20.8 Å². The lowest BCUT2D eigenvalue weighted by molar-refractivity contribution is -0.152. The number of carbonyl (C=O) groups excluding carboxylic acids is 3. The zero-order valence-corrected chi connectivity index (χ0v) is 20.8. The van der Waals surface area contributed by atoms with E-state index >= 15 is 0 Å². The largest absolute Gasteiger partial charge is 0.459 e. The normalized spacial score (nSPS) is 17.6. The van der Waals surface area contributed by atoms with E-state index in [0.29, 0.717) is 6.42 Å². The minimum atomic E-state index is -1.02. The van der Waals surface area contributed by atoms with Crippen molar-refractivity contribution in [3.8, 4) is 11.1 Å². The number of imide groups is 1. The number of rotatable bonds is 6. The Labute approximate surface area is 211 Å². The third-order valence-corrected chi connectivity index (χ3v) is 6.04.